The van der Waals surface area contributed by atoms with Crippen molar-refractivity contribution < 1.29 is 4.79 Å². The second-order valence-electron chi connectivity index (χ2n) is 6.62. The molecule has 2 aliphatic rings. The smallest absolute Gasteiger partial charge is 0.222 e. The zero-order valence-corrected chi connectivity index (χ0v) is 11.7. The maximum absolute atomic E-state index is 12.1. The summed E-state index contributed by atoms with van der Waals surface area (Å²) in [6.07, 6.45) is 11.0. The van der Waals surface area contributed by atoms with Crippen LogP contribution in [0.3, 0.4) is 0 Å². The highest BCUT2D eigenvalue weighted by molar-refractivity contribution is 5.77. The Balaban J connectivity index is 1.74. The van der Waals surface area contributed by atoms with Crippen LogP contribution in [0.4, 0.5) is 0 Å². The first-order valence-corrected chi connectivity index (χ1v) is 7.66. The molecule has 0 atom stereocenters. The fraction of sp³-hybridized carbons (Fsp3) is 0.933. The van der Waals surface area contributed by atoms with Gasteiger partial charge in [0.2, 0.25) is 5.91 Å². The van der Waals surface area contributed by atoms with Crippen LogP contribution < -0.4 is 11.1 Å². The van der Waals surface area contributed by atoms with E-state index in [0.717, 1.165) is 31.6 Å². The molecule has 2 aliphatic carbocycles. The number of amides is 1. The zero-order chi connectivity index (χ0) is 13.0. The molecule has 0 aromatic heterocycles. The van der Waals surface area contributed by atoms with E-state index in [9.17, 15) is 4.79 Å². The Morgan fingerprint density at radius 3 is 2.39 bits per heavy atom. The van der Waals surface area contributed by atoms with Crippen LogP contribution >= 0.6 is 0 Å². The van der Waals surface area contributed by atoms with Crippen LogP contribution in [-0.4, -0.2) is 17.5 Å². The van der Waals surface area contributed by atoms with Gasteiger partial charge < -0.3 is 11.1 Å². The van der Waals surface area contributed by atoms with Crippen molar-refractivity contribution in [3.05, 3.63) is 0 Å². The van der Waals surface area contributed by atoms with E-state index < -0.39 is 0 Å². The Morgan fingerprint density at radius 2 is 1.78 bits per heavy atom. The first-order valence-electron chi connectivity index (χ1n) is 7.66. The molecule has 3 nitrogen and oxygen atoms in total. The van der Waals surface area contributed by atoms with Crippen molar-refractivity contribution in [2.75, 3.05) is 0 Å². The molecule has 0 aromatic carbocycles. The Hall–Kier alpha value is -0.570. The average Bonchev–Trinajstić information content (AvgIpc) is 2.32. The van der Waals surface area contributed by atoms with Crippen molar-refractivity contribution in [1.29, 1.82) is 0 Å². The number of nitrogens with two attached hydrogens (primary N) is 1. The van der Waals surface area contributed by atoms with Crippen LogP contribution in [0.5, 0.6) is 0 Å². The standard InChI is InChI=1S/C15H28N2O/c1-12-5-7-13(8-6-12)17-14(18)11-15(16)9-3-2-4-10-15/h12-13H,2-11,16H2,1H3,(H,17,18). The molecule has 0 spiro atoms. The number of hydrogen-bond donors (Lipinski definition) is 2. The second kappa shape index (κ2) is 6.05. The molecule has 2 saturated carbocycles. The van der Waals surface area contributed by atoms with E-state index in [-0.39, 0.29) is 11.4 Å². The molecule has 104 valence electrons. The molecule has 3 N–H and O–H groups in total. The maximum Gasteiger partial charge on any atom is 0.222 e. The molecule has 2 rings (SSSR count). The van der Waals surface area contributed by atoms with Gasteiger partial charge in [-0.25, -0.2) is 0 Å². The van der Waals surface area contributed by atoms with Gasteiger partial charge in [-0.2, -0.15) is 0 Å². The quantitative estimate of drug-likeness (QED) is 0.811. The van der Waals surface area contributed by atoms with Gasteiger partial charge in [-0.15, -0.1) is 0 Å². The lowest BCUT2D eigenvalue weighted by molar-refractivity contribution is -0.123. The van der Waals surface area contributed by atoms with E-state index in [1.807, 2.05) is 0 Å². The van der Waals surface area contributed by atoms with E-state index in [1.54, 1.807) is 0 Å². The summed E-state index contributed by atoms with van der Waals surface area (Å²) in [6, 6.07) is 0.404. The fourth-order valence-electron chi connectivity index (χ4n) is 3.44. The number of carbonyl (C=O) groups is 1. The molecule has 0 bridgehead atoms. The normalized spacial score (nSPS) is 31.9. The Bertz CT molecular complexity index is 276. The third-order valence-corrected chi connectivity index (χ3v) is 4.74. The van der Waals surface area contributed by atoms with Crippen molar-refractivity contribution in [2.24, 2.45) is 11.7 Å². The van der Waals surface area contributed by atoms with Gasteiger partial charge in [0.1, 0.15) is 0 Å². The van der Waals surface area contributed by atoms with Crippen LogP contribution in [0.2, 0.25) is 0 Å². The lowest BCUT2D eigenvalue weighted by atomic mass is 9.80. The minimum Gasteiger partial charge on any atom is -0.353 e. The third kappa shape index (κ3) is 3.98. The van der Waals surface area contributed by atoms with Crippen LogP contribution in [0.1, 0.15) is 71.1 Å². The van der Waals surface area contributed by atoms with Crippen molar-refractivity contribution >= 4 is 5.91 Å². The molecule has 0 unspecified atom stereocenters. The van der Waals surface area contributed by atoms with Crippen LogP contribution in [-0.2, 0) is 4.79 Å². The third-order valence-electron chi connectivity index (χ3n) is 4.74. The van der Waals surface area contributed by atoms with Gasteiger partial charge in [-0.3, -0.25) is 4.79 Å². The van der Waals surface area contributed by atoms with Gasteiger partial charge >= 0.3 is 0 Å². The van der Waals surface area contributed by atoms with Crippen LogP contribution in [0, 0.1) is 5.92 Å². The Labute approximate surface area is 111 Å². The number of rotatable bonds is 3. The van der Waals surface area contributed by atoms with Crippen LogP contribution in [0.15, 0.2) is 0 Å². The van der Waals surface area contributed by atoms with Gasteiger partial charge in [-0.1, -0.05) is 26.2 Å². The molecular weight excluding hydrogens is 224 g/mol. The summed E-state index contributed by atoms with van der Waals surface area (Å²) in [5.74, 6) is 1.01. The minimum atomic E-state index is -0.218. The summed E-state index contributed by atoms with van der Waals surface area (Å²) < 4.78 is 0. The van der Waals surface area contributed by atoms with Gasteiger partial charge in [0.05, 0.1) is 0 Å². The monoisotopic (exact) mass is 252 g/mol. The summed E-state index contributed by atoms with van der Waals surface area (Å²) in [5, 5.41) is 3.19. The van der Waals surface area contributed by atoms with Gasteiger partial charge in [-0.05, 0) is 44.4 Å². The maximum atomic E-state index is 12.1. The Morgan fingerprint density at radius 1 is 1.17 bits per heavy atom. The lowest BCUT2D eigenvalue weighted by Gasteiger charge is -2.34. The molecule has 0 heterocycles. The summed E-state index contributed by atoms with van der Waals surface area (Å²) in [7, 11) is 0. The van der Waals surface area contributed by atoms with Gasteiger partial charge in [0.25, 0.3) is 0 Å². The molecule has 1 amide bonds. The van der Waals surface area contributed by atoms with Crippen LogP contribution in [0.25, 0.3) is 0 Å². The van der Waals surface area contributed by atoms with Crippen molar-refractivity contribution in [3.63, 3.8) is 0 Å². The molecular formula is C15H28N2O. The molecule has 3 heteroatoms. The zero-order valence-electron chi connectivity index (χ0n) is 11.7. The van der Waals surface area contributed by atoms with E-state index in [1.165, 1.54) is 32.1 Å². The van der Waals surface area contributed by atoms with Crippen molar-refractivity contribution in [3.8, 4) is 0 Å². The first-order chi connectivity index (χ1) is 8.57. The number of nitrogens with one attached hydrogen (secondary N) is 1. The van der Waals surface area contributed by atoms with E-state index in [2.05, 4.69) is 12.2 Å². The summed E-state index contributed by atoms with van der Waals surface area (Å²) in [5.41, 5.74) is 6.11. The molecule has 0 aliphatic heterocycles. The van der Waals surface area contributed by atoms with Crippen molar-refractivity contribution in [1.82, 2.24) is 5.32 Å². The Kier molecular flexibility index (Phi) is 4.66. The highest BCUT2D eigenvalue weighted by atomic mass is 16.1. The number of carbonyl (C=O) groups excluding carboxylic acids is 1. The predicted molar refractivity (Wildman–Crippen MR) is 74.2 cm³/mol. The summed E-state index contributed by atoms with van der Waals surface area (Å²) >= 11 is 0. The molecule has 18 heavy (non-hydrogen) atoms. The highest BCUT2D eigenvalue weighted by Crippen LogP contribution is 2.29. The lowest BCUT2D eigenvalue weighted by Crippen LogP contribution is -2.48. The SMILES string of the molecule is CC1CCC(NC(=O)CC2(N)CCCCC2)CC1. The van der Waals surface area contributed by atoms with E-state index >= 15 is 0 Å². The molecule has 0 aromatic rings. The topological polar surface area (TPSA) is 55.1 Å². The minimum absolute atomic E-state index is 0.180. The number of hydrogen-bond acceptors (Lipinski definition) is 2. The predicted octanol–water partition coefficient (Wildman–Crippen LogP) is 2.73. The average molecular weight is 252 g/mol. The van der Waals surface area contributed by atoms with Crippen molar-refractivity contribution in [2.45, 2.75) is 82.7 Å². The summed E-state index contributed by atoms with van der Waals surface area (Å²) in [6.45, 7) is 2.30. The van der Waals surface area contributed by atoms with E-state index in [4.69, 9.17) is 5.73 Å². The van der Waals surface area contributed by atoms with Gasteiger partial charge in [0.15, 0.2) is 0 Å². The second-order valence-corrected chi connectivity index (χ2v) is 6.62. The van der Waals surface area contributed by atoms with Gasteiger partial charge in [0, 0.05) is 18.0 Å². The first kappa shape index (κ1) is 13.9. The molecule has 0 radical (unpaired) electrons. The highest BCUT2D eigenvalue weighted by Gasteiger charge is 2.31. The fourth-order valence-corrected chi connectivity index (χ4v) is 3.44. The molecule has 0 saturated heterocycles. The molecule has 2 fully saturated rings. The largest absolute Gasteiger partial charge is 0.353 e. The van der Waals surface area contributed by atoms with E-state index in [0.29, 0.717) is 12.5 Å². The summed E-state index contributed by atoms with van der Waals surface area (Å²) in [4.78, 5) is 12.1.